The standard InChI is InChI=1S/C19H17ClN2O5/c20-14-10-8-13(9-11-14)18(23)21-12-4-3-7-17(19(21)24)27-16-6-2-1-5-15(16)22(25)26/h1-2,5-6,8-11,17H,3-4,7,12H2/t17-/m0/s1. The molecule has 0 N–H and O–H groups in total. The number of carbonyl (C=O) groups is 2. The van der Waals surface area contributed by atoms with Crippen LogP contribution in [0.1, 0.15) is 29.6 Å². The number of hydrogen-bond acceptors (Lipinski definition) is 5. The van der Waals surface area contributed by atoms with Gasteiger partial charge in [-0.1, -0.05) is 23.7 Å². The molecule has 0 aliphatic carbocycles. The van der Waals surface area contributed by atoms with Crippen molar-refractivity contribution in [2.75, 3.05) is 6.54 Å². The molecule has 1 saturated heterocycles. The van der Waals surface area contributed by atoms with Crippen LogP contribution in [0.5, 0.6) is 5.75 Å². The molecule has 1 aliphatic rings. The number of ether oxygens (including phenoxy) is 1. The largest absolute Gasteiger partial charge is 0.473 e. The zero-order valence-electron chi connectivity index (χ0n) is 14.3. The van der Waals surface area contributed by atoms with Crippen LogP contribution in [0.4, 0.5) is 5.69 Å². The van der Waals surface area contributed by atoms with E-state index in [0.29, 0.717) is 29.8 Å². The van der Waals surface area contributed by atoms with Crippen molar-refractivity contribution in [3.8, 4) is 5.75 Å². The summed E-state index contributed by atoms with van der Waals surface area (Å²) >= 11 is 5.84. The second kappa shape index (κ2) is 8.18. The lowest BCUT2D eigenvalue weighted by atomic mass is 10.1. The number of rotatable bonds is 4. The minimum Gasteiger partial charge on any atom is -0.473 e. The number of carbonyl (C=O) groups excluding carboxylic acids is 2. The van der Waals surface area contributed by atoms with Crippen LogP contribution >= 0.6 is 11.6 Å². The van der Waals surface area contributed by atoms with E-state index in [2.05, 4.69) is 0 Å². The third kappa shape index (κ3) is 4.25. The van der Waals surface area contributed by atoms with Gasteiger partial charge in [0.1, 0.15) is 0 Å². The number of benzene rings is 2. The van der Waals surface area contributed by atoms with Gasteiger partial charge in [-0.2, -0.15) is 0 Å². The lowest BCUT2D eigenvalue weighted by molar-refractivity contribution is -0.386. The number of nitrogens with zero attached hydrogens (tertiary/aromatic N) is 2. The van der Waals surface area contributed by atoms with Crippen LogP contribution in [0.2, 0.25) is 5.02 Å². The van der Waals surface area contributed by atoms with Gasteiger partial charge >= 0.3 is 5.69 Å². The summed E-state index contributed by atoms with van der Waals surface area (Å²) in [5, 5.41) is 11.7. The number of imide groups is 1. The quantitative estimate of drug-likeness (QED) is 0.451. The van der Waals surface area contributed by atoms with Gasteiger partial charge in [0.05, 0.1) is 4.92 Å². The molecule has 27 heavy (non-hydrogen) atoms. The van der Waals surface area contributed by atoms with E-state index in [9.17, 15) is 19.7 Å². The number of hydrogen-bond donors (Lipinski definition) is 0. The van der Waals surface area contributed by atoms with Crippen molar-refractivity contribution in [2.45, 2.75) is 25.4 Å². The van der Waals surface area contributed by atoms with Crippen molar-refractivity contribution in [2.24, 2.45) is 0 Å². The second-order valence-electron chi connectivity index (χ2n) is 6.13. The Bertz CT molecular complexity index is 869. The summed E-state index contributed by atoms with van der Waals surface area (Å²) in [6.07, 6.45) is 0.739. The first-order valence-corrected chi connectivity index (χ1v) is 8.86. The van der Waals surface area contributed by atoms with Gasteiger partial charge in [0.15, 0.2) is 11.9 Å². The SMILES string of the molecule is O=C(c1ccc(Cl)cc1)N1CCCC[C@H](Oc2ccccc2[N+](=O)[O-])C1=O. The molecule has 0 unspecified atom stereocenters. The highest BCUT2D eigenvalue weighted by Crippen LogP contribution is 2.29. The number of para-hydroxylation sites is 2. The summed E-state index contributed by atoms with van der Waals surface area (Å²) in [7, 11) is 0. The summed E-state index contributed by atoms with van der Waals surface area (Å²) in [6.45, 7) is 0.275. The minimum absolute atomic E-state index is 0.0154. The van der Waals surface area contributed by atoms with Gasteiger partial charge in [-0.3, -0.25) is 24.6 Å². The topological polar surface area (TPSA) is 89.8 Å². The number of nitro benzene ring substituents is 1. The fourth-order valence-electron chi connectivity index (χ4n) is 2.93. The fraction of sp³-hybridized carbons (Fsp3) is 0.263. The average Bonchev–Trinajstić information content (AvgIpc) is 2.84. The summed E-state index contributed by atoms with van der Waals surface area (Å²) in [5.74, 6) is -0.915. The maximum absolute atomic E-state index is 12.9. The van der Waals surface area contributed by atoms with Gasteiger partial charge in [-0.15, -0.1) is 0 Å². The molecule has 140 valence electrons. The maximum Gasteiger partial charge on any atom is 0.310 e. The number of amides is 2. The van der Waals surface area contributed by atoms with Crippen molar-refractivity contribution >= 4 is 29.1 Å². The van der Waals surface area contributed by atoms with E-state index in [-0.39, 0.29) is 18.0 Å². The zero-order valence-corrected chi connectivity index (χ0v) is 15.1. The predicted octanol–water partition coefficient (Wildman–Crippen LogP) is 3.85. The number of nitro groups is 1. The monoisotopic (exact) mass is 388 g/mol. The molecule has 0 spiro atoms. The third-order valence-corrected chi connectivity index (χ3v) is 4.56. The average molecular weight is 389 g/mol. The molecule has 2 amide bonds. The Kier molecular flexibility index (Phi) is 5.71. The highest BCUT2D eigenvalue weighted by molar-refractivity contribution is 6.30. The van der Waals surface area contributed by atoms with E-state index < -0.39 is 22.8 Å². The number of likely N-dealkylation sites (tertiary alicyclic amines) is 1. The van der Waals surface area contributed by atoms with Crippen LogP contribution in [0, 0.1) is 10.1 Å². The third-order valence-electron chi connectivity index (χ3n) is 4.31. The molecule has 7 nitrogen and oxygen atoms in total. The Hall–Kier alpha value is -2.93. The van der Waals surface area contributed by atoms with Crippen LogP contribution in [0.15, 0.2) is 48.5 Å². The van der Waals surface area contributed by atoms with Gasteiger partial charge < -0.3 is 4.74 Å². The Balaban J connectivity index is 1.83. The first-order chi connectivity index (χ1) is 13.0. The van der Waals surface area contributed by atoms with Crippen LogP contribution in [-0.2, 0) is 4.79 Å². The maximum atomic E-state index is 12.9. The van der Waals surface area contributed by atoms with Crippen molar-refractivity contribution < 1.29 is 19.2 Å². The predicted molar refractivity (Wildman–Crippen MR) is 98.9 cm³/mol. The van der Waals surface area contributed by atoms with E-state index in [4.69, 9.17) is 16.3 Å². The Labute approximate surface area is 160 Å². The van der Waals surface area contributed by atoms with Crippen molar-refractivity contribution in [1.29, 1.82) is 0 Å². The van der Waals surface area contributed by atoms with E-state index >= 15 is 0 Å². The minimum atomic E-state index is -0.954. The molecule has 1 fully saturated rings. The summed E-state index contributed by atoms with van der Waals surface area (Å²) in [5.41, 5.74) is 0.129. The van der Waals surface area contributed by atoms with Crippen molar-refractivity contribution in [3.63, 3.8) is 0 Å². The van der Waals surface area contributed by atoms with Gasteiger partial charge in [0.25, 0.3) is 11.8 Å². The van der Waals surface area contributed by atoms with Gasteiger partial charge in [-0.05, 0) is 49.6 Å². The van der Waals surface area contributed by atoms with Crippen LogP contribution in [0.25, 0.3) is 0 Å². The molecule has 2 aromatic carbocycles. The lowest BCUT2D eigenvalue weighted by Gasteiger charge is -2.23. The van der Waals surface area contributed by atoms with E-state index in [1.165, 1.54) is 18.2 Å². The van der Waals surface area contributed by atoms with Crippen LogP contribution in [0.3, 0.4) is 0 Å². The molecular weight excluding hydrogens is 372 g/mol. The molecule has 0 saturated carbocycles. The molecule has 2 aromatic rings. The van der Waals surface area contributed by atoms with E-state index in [1.54, 1.807) is 30.3 Å². The molecule has 8 heteroatoms. The fourth-order valence-corrected chi connectivity index (χ4v) is 3.05. The second-order valence-corrected chi connectivity index (χ2v) is 6.57. The summed E-state index contributed by atoms with van der Waals surface area (Å²) < 4.78 is 5.67. The Morgan fingerprint density at radius 2 is 1.85 bits per heavy atom. The molecule has 0 bridgehead atoms. The van der Waals surface area contributed by atoms with Crippen molar-refractivity contribution in [3.05, 3.63) is 69.2 Å². The normalized spacial score (nSPS) is 17.3. The van der Waals surface area contributed by atoms with Gasteiger partial charge in [0.2, 0.25) is 0 Å². The molecule has 0 aromatic heterocycles. The smallest absolute Gasteiger partial charge is 0.310 e. The van der Waals surface area contributed by atoms with Crippen molar-refractivity contribution in [1.82, 2.24) is 4.90 Å². The first-order valence-electron chi connectivity index (χ1n) is 8.48. The van der Waals surface area contributed by atoms with E-state index in [1.807, 2.05) is 0 Å². The summed E-state index contributed by atoms with van der Waals surface area (Å²) in [4.78, 5) is 37.4. The first kappa shape index (κ1) is 18.8. The van der Waals surface area contributed by atoms with Gasteiger partial charge in [-0.25, -0.2) is 0 Å². The van der Waals surface area contributed by atoms with Crippen LogP contribution < -0.4 is 4.74 Å². The highest BCUT2D eigenvalue weighted by Gasteiger charge is 2.34. The molecule has 0 radical (unpaired) electrons. The summed E-state index contributed by atoms with van der Waals surface area (Å²) in [6, 6.07) is 12.2. The lowest BCUT2D eigenvalue weighted by Crippen LogP contribution is -2.44. The van der Waals surface area contributed by atoms with Gasteiger partial charge in [0, 0.05) is 23.2 Å². The van der Waals surface area contributed by atoms with E-state index in [0.717, 1.165) is 4.90 Å². The number of halogens is 1. The molecular formula is C19H17ClN2O5. The molecule has 1 aliphatic heterocycles. The Morgan fingerprint density at radius 1 is 1.15 bits per heavy atom. The Morgan fingerprint density at radius 3 is 2.56 bits per heavy atom. The highest BCUT2D eigenvalue weighted by atomic mass is 35.5. The zero-order chi connectivity index (χ0) is 19.4. The van der Waals surface area contributed by atoms with Crippen LogP contribution in [-0.4, -0.2) is 34.3 Å². The molecule has 1 atom stereocenters. The molecule has 1 heterocycles. The molecule has 3 rings (SSSR count).